The van der Waals surface area contributed by atoms with E-state index in [1.807, 2.05) is 7.05 Å². The summed E-state index contributed by atoms with van der Waals surface area (Å²) >= 11 is 3.68. The summed E-state index contributed by atoms with van der Waals surface area (Å²) in [5.74, 6) is 0. The summed E-state index contributed by atoms with van der Waals surface area (Å²) < 4.78 is 11.6. The Morgan fingerprint density at radius 1 is 1.24 bits per heavy atom. The highest BCUT2D eigenvalue weighted by molar-refractivity contribution is 9.10. The van der Waals surface area contributed by atoms with Crippen LogP contribution < -0.4 is 10.2 Å². The van der Waals surface area contributed by atoms with Gasteiger partial charge in [0.25, 0.3) is 0 Å². The van der Waals surface area contributed by atoms with Gasteiger partial charge in [0.1, 0.15) is 0 Å². The van der Waals surface area contributed by atoms with Crippen LogP contribution >= 0.6 is 15.9 Å². The second-order valence-corrected chi connectivity index (χ2v) is 6.06. The molecule has 4 nitrogen and oxygen atoms in total. The van der Waals surface area contributed by atoms with Crippen molar-refractivity contribution in [1.29, 1.82) is 0 Å². The lowest BCUT2D eigenvalue weighted by Gasteiger charge is -2.31. The molecular formula is C16H27BrN2O2. The molecule has 0 radical (unpaired) electrons. The lowest BCUT2D eigenvalue weighted by Crippen LogP contribution is -2.38. The van der Waals surface area contributed by atoms with E-state index in [0.29, 0.717) is 25.3 Å². The van der Waals surface area contributed by atoms with Gasteiger partial charge in [0.15, 0.2) is 0 Å². The quantitative estimate of drug-likeness (QED) is 0.734. The molecule has 2 atom stereocenters. The van der Waals surface area contributed by atoms with E-state index in [0.717, 1.165) is 11.0 Å². The van der Waals surface area contributed by atoms with Gasteiger partial charge in [-0.25, -0.2) is 0 Å². The van der Waals surface area contributed by atoms with E-state index >= 15 is 0 Å². The van der Waals surface area contributed by atoms with Crippen molar-refractivity contribution < 1.29 is 9.47 Å². The number of methoxy groups -OCH3 is 2. The van der Waals surface area contributed by atoms with Crippen molar-refractivity contribution >= 4 is 21.6 Å². The predicted molar refractivity (Wildman–Crippen MR) is 92.2 cm³/mol. The van der Waals surface area contributed by atoms with E-state index in [1.165, 1.54) is 11.3 Å². The Hall–Kier alpha value is -0.620. The number of benzene rings is 1. The number of rotatable bonds is 9. The molecule has 2 unspecified atom stereocenters. The van der Waals surface area contributed by atoms with Crippen LogP contribution in [0.5, 0.6) is 0 Å². The van der Waals surface area contributed by atoms with E-state index < -0.39 is 0 Å². The van der Waals surface area contributed by atoms with Crippen LogP contribution in [-0.4, -0.2) is 47.1 Å². The van der Waals surface area contributed by atoms with Crippen molar-refractivity contribution in [1.82, 2.24) is 5.32 Å². The molecular weight excluding hydrogens is 332 g/mol. The fourth-order valence-corrected chi connectivity index (χ4v) is 3.04. The van der Waals surface area contributed by atoms with Crippen molar-refractivity contribution in [2.75, 3.05) is 45.9 Å². The number of ether oxygens (including phenoxy) is 2. The minimum absolute atomic E-state index is 0.296. The van der Waals surface area contributed by atoms with Gasteiger partial charge >= 0.3 is 0 Å². The van der Waals surface area contributed by atoms with Gasteiger partial charge < -0.3 is 19.7 Å². The van der Waals surface area contributed by atoms with Crippen LogP contribution in [0.3, 0.4) is 0 Å². The lowest BCUT2D eigenvalue weighted by atomic mass is 10.1. The maximum atomic E-state index is 5.29. The van der Waals surface area contributed by atoms with Gasteiger partial charge in [0.05, 0.1) is 13.2 Å². The molecule has 0 heterocycles. The molecule has 1 aromatic carbocycles. The summed E-state index contributed by atoms with van der Waals surface area (Å²) in [6, 6.07) is 7.11. The molecule has 0 aromatic heterocycles. The Kier molecular flexibility index (Phi) is 8.26. The van der Waals surface area contributed by atoms with Crippen LogP contribution in [-0.2, 0) is 9.47 Å². The number of halogens is 1. The molecule has 1 rings (SSSR count). The zero-order valence-electron chi connectivity index (χ0n) is 13.6. The van der Waals surface area contributed by atoms with Gasteiger partial charge in [0, 0.05) is 43.0 Å². The van der Waals surface area contributed by atoms with E-state index in [1.54, 1.807) is 14.2 Å². The van der Waals surface area contributed by atoms with Crippen LogP contribution in [0.4, 0.5) is 5.69 Å². The molecule has 0 aliphatic carbocycles. The first kappa shape index (κ1) is 18.4. The van der Waals surface area contributed by atoms with E-state index in [-0.39, 0.29) is 0 Å². The third-order valence-corrected chi connectivity index (χ3v) is 4.38. The van der Waals surface area contributed by atoms with Crippen LogP contribution in [0.15, 0.2) is 22.7 Å². The molecule has 1 aromatic rings. The van der Waals surface area contributed by atoms with Crippen LogP contribution in [0, 0.1) is 0 Å². The molecule has 0 saturated carbocycles. The highest BCUT2D eigenvalue weighted by atomic mass is 79.9. The molecule has 120 valence electrons. The van der Waals surface area contributed by atoms with Crippen molar-refractivity contribution in [3.05, 3.63) is 28.2 Å². The Bertz CT molecular complexity index is 429. The lowest BCUT2D eigenvalue weighted by molar-refractivity contribution is 0.171. The zero-order valence-corrected chi connectivity index (χ0v) is 15.2. The molecule has 0 aliphatic rings. The fourth-order valence-electron chi connectivity index (χ4n) is 2.33. The molecule has 0 fully saturated rings. The third kappa shape index (κ3) is 5.25. The monoisotopic (exact) mass is 358 g/mol. The van der Waals surface area contributed by atoms with Gasteiger partial charge in [-0.15, -0.1) is 0 Å². The number of nitrogens with one attached hydrogen (secondary N) is 1. The largest absolute Gasteiger partial charge is 0.383 e. The highest BCUT2D eigenvalue weighted by Gasteiger charge is 2.16. The summed E-state index contributed by atoms with van der Waals surface area (Å²) in [5.41, 5.74) is 2.43. The number of nitrogens with zero attached hydrogens (tertiary/aromatic N) is 1. The summed E-state index contributed by atoms with van der Waals surface area (Å²) in [4.78, 5) is 2.31. The predicted octanol–water partition coefficient (Wildman–Crippen LogP) is 3.22. The second-order valence-electron chi connectivity index (χ2n) is 5.21. The third-order valence-electron chi connectivity index (χ3n) is 3.69. The van der Waals surface area contributed by atoms with Crippen molar-refractivity contribution in [2.24, 2.45) is 0 Å². The normalized spacial score (nSPS) is 14.0. The van der Waals surface area contributed by atoms with E-state index in [4.69, 9.17) is 9.47 Å². The van der Waals surface area contributed by atoms with Gasteiger partial charge in [-0.05, 0) is 38.6 Å². The summed E-state index contributed by atoms with van der Waals surface area (Å²) in [6.45, 7) is 6.54. The smallest absolute Gasteiger partial charge is 0.0663 e. The Morgan fingerprint density at radius 2 is 1.95 bits per heavy atom. The maximum Gasteiger partial charge on any atom is 0.0663 e. The average molecular weight is 359 g/mol. The van der Waals surface area contributed by atoms with E-state index in [2.05, 4.69) is 58.2 Å². The minimum Gasteiger partial charge on any atom is -0.383 e. The number of anilines is 1. The summed E-state index contributed by atoms with van der Waals surface area (Å²) in [7, 11) is 5.43. The first-order valence-electron chi connectivity index (χ1n) is 7.26. The Balaban J connectivity index is 2.99. The SMILES string of the molecule is CNC(C)c1ccc(N(CCOC)C(C)COC)cc1Br. The second kappa shape index (κ2) is 9.41. The van der Waals surface area contributed by atoms with Crippen LogP contribution in [0.2, 0.25) is 0 Å². The molecule has 0 amide bonds. The average Bonchev–Trinajstić information content (AvgIpc) is 2.47. The Morgan fingerprint density at radius 3 is 2.48 bits per heavy atom. The molecule has 0 bridgehead atoms. The first-order valence-corrected chi connectivity index (χ1v) is 8.05. The Labute approximate surface area is 136 Å². The first-order chi connectivity index (χ1) is 10.0. The fraction of sp³-hybridized carbons (Fsp3) is 0.625. The highest BCUT2D eigenvalue weighted by Crippen LogP contribution is 2.29. The van der Waals surface area contributed by atoms with Crippen molar-refractivity contribution in [2.45, 2.75) is 25.9 Å². The summed E-state index contributed by atoms with van der Waals surface area (Å²) in [6.07, 6.45) is 0. The zero-order chi connectivity index (χ0) is 15.8. The molecule has 0 aliphatic heterocycles. The summed E-state index contributed by atoms with van der Waals surface area (Å²) in [5, 5.41) is 3.26. The van der Waals surface area contributed by atoms with E-state index in [9.17, 15) is 0 Å². The topological polar surface area (TPSA) is 33.7 Å². The molecule has 0 saturated heterocycles. The molecule has 5 heteroatoms. The number of hydrogen-bond donors (Lipinski definition) is 1. The molecule has 21 heavy (non-hydrogen) atoms. The van der Waals surface area contributed by atoms with Crippen molar-refractivity contribution in [3.63, 3.8) is 0 Å². The van der Waals surface area contributed by atoms with Crippen LogP contribution in [0.25, 0.3) is 0 Å². The van der Waals surface area contributed by atoms with Gasteiger partial charge in [-0.3, -0.25) is 0 Å². The number of hydrogen-bond acceptors (Lipinski definition) is 4. The van der Waals surface area contributed by atoms with Gasteiger partial charge in [-0.2, -0.15) is 0 Å². The standard InChI is InChI=1S/C16H27BrN2O2/c1-12(11-21-5)19(8-9-20-4)14-6-7-15(13(2)18-3)16(17)10-14/h6-7,10,12-13,18H,8-9,11H2,1-5H3. The van der Waals surface area contributed by atoms with Gasteiger partial charge in [0.2, 0.25) is 0 Å². The van der Waals surface area contributed by atoms with Crippen LogP contribution in [0.1, 0.15) is 25.5 Å². The minimum atomic E-state index is 0.296. The van der Waals surface area contributed by atoms with Gasteiger partial charge in [-0.1, -0.05) is 22.0 Å². The van der Waals surface area contributed by atoms with Crippen molar-refractivity contribution in [3.8, 4) is 0 Å². The molecule has 1 N–H and O–H groups in total. The molecule has 0 spiro atoms. The maximum absolute atomic E-state index is 5.29.